The van der Waals surface area contributed by atoms with Crippen LogP contribution in [0.5, 0.6) is 5.75 Å². The minimum absolute atomic E-state index is 0.226. The minimum Gasteiger partial charge on any atom is -0.478 e. The van der Waals surface area contributed by atoms with Crippen molar-refractivity contribution >= 4 is 27.4 Å². The highest BCUT2D eigenvalue weighted by atomic mass is 35.5. The molecule has 0 radical (unpaired) electrons. The molecular formula is C16H14ClFO5S. The second-order valence-electron chi connectivity index (χ2n) is 5.31. The molecule has 2 aromatic carbocycles. The zero-order chi connectivity index (χ0) is 18.1. The van der Waals surface area contributed by atoms with Crippen molar-refractivity contribution in [2.45, 2.75) is 17.4 Å². The summed E-state index contributed by atoms with van der Waals surface area (Å²) in [7, 11) is -3.59. The lowest BCUT2D eigenvalue weighted by atomic mass is 9.96. The number of hydrogen-bond acceptors (Lipinski definition) is 4. The monoisotopic (exact) mass is 372 g/mol. The number of carboxylic acids is 1. The summed E-state index contributed by atoms with van der Waals surface area (Å²) < 4.78 is 42.4. The van der Waals surface area contributed by atoms with E-state index in [1.165, 1.54) is 31.2 Å². The fourth-order valence-corrected chi connectivity index (χ4v) is 2.77. The Balaban J connectivity index is 2.45. The van der Waals surface area contributed by atoms with Crippen LogP contribution >= 0.6 is 11.6 Å². The summed E-state index contributed by atoms with van der Waals surface area (Å²) in [6.07, 6.45) is 0.942. The number of benzene rings is 2. The van der Waals surface area contributed by atoms with Crippen molar-refractivity contribution in [1.82, 2.24) is 0 Å². The molecule has 0 aliphatic carbocycles. The molecule has 0 saturated carbocycles. The number of carboxylic acid groups (broad SMARTS) is 1. The average Bonchev–Trinajstić information content (AvgIpc) is 2.48. The SMILES string of the molecule is CC(Oc1ccc(S(C)(=O)=O)cc1F)(C(=O)O)c1ccc(Cl)cc1. The third-order valence-corrected chi connectivity index (χ3v) is 4.81. The molecule has 0 aliphatic rings. The Kier molecular flexibility index (Phi) is 4.87. The zero-order valence-corrected chi connectivity index (χ0v) is 14.4. The first-order chi connectivity index (χ1) is 11.0. The number of carbonyl (C=O) groups is 1. The highest BCUT2D eigenvalue weighted by Gasteiger charge is 2.38. The number of halogens is 2. The Morgan fingerprint density at radius 2 is 1.79 bits per heavy atom. The first kappa shape index (κ1) is 18.2. The van der Waals surface area contributed by atoms with E-state index < -0.39 is 27.2 Å². The van der Waals surface area contributed by atoms with Crippen LogP contribution in [0.25, 0.3) is 0 Å². The van der Waals surface area contributed by atoms with Crippen molar-refractivity contribution in [3.63, 3.8) is 0 Å². The van der Waals surface area contributed by atoms with Crippen LogP contribution in [0.3, 0.4) is 0 Å². The number of rotatable bonds is 5. The maximum absolute atomic E-state index is 14.2. The van der Waals surface area contributed by atoms with Gasteiger partial charge in [-0.2, -0.15) is 0 Å². The van der Waals surface area contributed by atoms with E-state index in [0.717, 1.165) is 24.5 Å². The van der Waals surface area contributed by atoms with E-state index in [1.807, 2.05) is 0 Å². The third kappa shape index (κ3) is 3.68. The predicted octanol–water partition coefficient (Wildman–Crippen LogP) is 3.26. The van der Waals surface area contributed by atoms with E-state index in [-0.39, 0.29) is 16.2 Å². The summed E-state index contributed by atoms with van der Waals surface area (Å²) in [5.74, 6) is -2.68. The number of ether oxygens (including phenoxy) is 1. The molecule has 1 atom stereocenters. The quantitative estimate of drug-likeness (QED) is 0.871. The molecule has 0 bridgehead atoms. The van der Waals surface area contributed by atoms with Gasteiger partial charge in [0.1, 0.15) is 0 Å². The molecule has 1 unspecified atom stereocenters. The maximum atomic E-state index is 14.2. The minimum atomic E-state index is -3.59. The zero-order valence-electron chi connectivity index (χ0n) is 12.8. The summed E-state index contributed by atoms with van der Waals surface area (Å²) in [6, 6.07) is 8.92. The normalized spacial score (nSPS) is 14.0. The fraction of sp³-hybridized carbons (Fsp3) is 0.188. The van der Waals surface area contributed by atoms with Gasteiger partial charge in [-0.15, -0.1) is 0 Å². The molecule has 0 aromatic heterocycles. The van der Waals surface area contributed by atoms with Crippen LogP contribution in [0, 0.1) is 5.82 Å². The summed E-state index contributed by atoms with van der Waals surface area (Å²) >= 11 is 5.78. The summed E-state index contributed by atoms with van der Waals surface area (Å²) in [4.78, 5) is 11.4. The van der Waals surface area contributed by atoms with Gasteiger partial charge in [0.05, 0.1) is 4.90 Å². The van der Waals surface area contributed by atoms with Crippen molar-refractivity contribution in [3.8, 4) is 5.75 Å². The lowest BCUT2D eigenvalue weighted by molar-refractivity contribution is -0.154. The largest absolute Gasteiger partial charge is 0.478 e. The van der Waals surface area contributed by atoms with E-state index in [1.54, 1.807) is 0 Å². The molecule has 0 saturated heterocycles. The molecule has 24 heavy (non-hydrogen) atoms. The summed E-state index contributed by atoms with van der Waals surface area (Å²) in [5.41, 5.74) is -1.62. The maximum Gasteiger partial charge on any atom is 0.352 e. The van der Waals surface area contributed by atoms with Crippen LogP contribution in [0.4, 0.5) is 4.39 Å². The first-order valence-corrected chi connectivity index (χ1v) is 8.99. The summed E-state index contributed by atoms with van der Waals surface area (Å²) in [6.45, 7) is 1.27. The molecular weight excluding hydrogens is 359 g/mol. The number of sulfone groups is 1. The van der Waals surface area contributed by atoms with Gasteiger partial charge in [0.2, 0.25) is 5.60 Å². The van der Waals surface area contributed by atoms with E-state index in [0.29, 0.717) is 5.02 Å². The number of aliphatic carboxylic acids is 1. The Hall–Kier alpha value is -2.12. The second kappa shape index (κ2) is 6.41. The number of hydrogen-bond donors (Lipinski definition) is 1. The highest BCUT2D eigenvalue weighted by molar-refractivity contribution is 7.90. The highest BCUT2D eigenvalue weighted by Crippen LogP contribution is 2.32. The molecule has 0 aliphatic heterocycles. The third-order valence-electron chi connectivity index (χ3n) is 3.45. The van der Waals surface area contributed by atoms with Gasteiger partial charge in [0.25, 0.3) is 0 Å². The second-order valence-corrected chi connectivity index (χ2v) is 7.76. The van der Waals surface area contributed by atoms with E-state index >= 15 is 0 Å². The fourth-order valence-electron chi connectivity index (χ4n) is 2.01. The van der Waals surface area contributed by atoms with Crippen LogP contribution in [-0.4, -0.2) is 25.7 Å². The van der Waals surface area contributed by atoms with Crippen LogP contribution in [0.2, 0.25) is 5.02 Å². The molecule has 2 rings (SSSR count). The molecule has 0 spiro atoms. The van der Waals surface area contributed by atoms with Crippen LogP contribution in [0.15, 0.2) is 47.4 Å². The van der Waals surface area contributed by atoms with Crippen molar-refractivity contribution in [2.75, 3.05) is 6.26 Å². The lowest BCUT2D eigenvalue weighted by Crippen LogP contribution is -2.38. The van der Waals surface area contributed by atoms with E-state index in [4.69, 9.17) is 16.3 Å². The van der Waals surface area contributed by atoms with Crippen molar-refractivity contribution in [3.05, 3.63) is 58.9 Å². The smallest absolute Gasteiger partial charge is 0.352 e. The van der Waals surface area contributed by atoms with Gasteiger partial charge in [-0.25, -0.2) is 17.6 Å². The topological polar surface area (TPSA) is 80.7 Å². The standard InChI is InChI=1S/C16H14ClFO5S/c1-16(15(19)20,10-3-5-11(17)6-4-10)23-14-8-7-12(9-13(14)18)24(2,21)22/h3-9H,1-2H3,(H,19,20). The van der Waals surface area contributed by atoms with Gasteiger partial charge >= 0.3 is 5.97 Å². The Bertz CT molecular complexity index is 880. The van der Waals surface area contributed by atoms with Gasteiger partial charge in [0.15, 0.2) is 21.4 Å². The molecule has 8 heteroatoms. The summed E-state index contributed by atoms with van der Waals surface area (Å²) in [5, 5.41) is 9.93. The molecule has 128 valence electrons. The van der Waals surface area contributed by atoms with Crippen molar-refractivity contribution in [2.24, 2.45) is 0 Å². The van der Waals surface area contributed by atoms with Gasteiger partial charge in [-0.3, -0.25) is 0 Å². The van der Waals surface area contributed by atoms with E-state index in [9.17, 15) is 22.7 Å². The molecule has 1 N–H and O–H groups in total. The van der Waals surface area contributed by atoms with Crippen LogP contribution in [-0.2, 0) is 20.2 Å². The first-order valence-electron chi connectivity index (χ1n) is 6.72. The lowest BCUT2D eigenvalue weighted by Gasteiger charge is -2.27. The van der Waals surface area contributed by atoms with Crippen molar-refractivity contribution in [1.29, 1.82) is 0 Å². The molecule has 0 heterocycles. The van der Waals surface area contributed by atoms with Gasteiger partial charge in [-0.05, 0) is 37.3 Å². The molecule has 5 nitrogen and oxygen atoms in total. The Morgan fingerprint density at radius 1 is 1.21 bits per heavy atom. The van der Waals surface area contributed by atoms with E-state index in [2.05, 4.69) is 0 Å². The van der Waals surface area contributed by atoms with Crippen LogP contribution < -0.4 is 4.74 Å². The Labute approximate surface area is 143 Å². The van der Waals surface area contributed by atoms with Crippen LogP contribution in [0.1, 0.15) is 12.5 Å². The van der Waals surface area contributed by atoms with Gasteiger partial charge < -0.3 is 9.84 Å². The average molecular weight is 373 g/mol. The molecule has 0 amide bonds. The predicted molar refractivity (Wildman–Crippen MR) is 86.6 cm³/mol. The van der Waals surface area contributed by atoms with Gasteiger partial charge in [0, 0.05) is 16.8 Å². The molecule has 0 fully saturated rings. The molecule has 2 aromatic rings. The van der Waals surface area contributed by atoms with Crippen molar-refractivity contribution < 1.29 is 27.4 Å². The van der Waals surface area contributed by atoms with Gasteiger partial charge in [-0.1, -0.05) is 23.7 Å². The Morgan fingerprint density at radius 3 is 2.25 bits per heavy atom.